The van der Waals surface area contributed by atoms with Crippen molar-refractivity contribution in [1.29, 1.82) is 5.41 Å². The molecule has 1 heterocycles. The van der Waals surface area contributed by atoms with Gasteiger partial charge in [0, 0.05) is 12.6 Å². The van der Waals surface area contributed by atoms with E-state index in [4.69, 9.17) is 15.9 Å². The summed E-state index contributed by atoms with van der Waals surface area (Å²) in [7, 11) is 0. The van der Waals surface area contributed by atoms with E-state index in [0.29, 0.717) is 18.1 Å². The Labute approximate surface area is 106 Å². The van der Waals surface area contributed by atoms with Gasteiger partial charge in [0.2, 0.25) is 5.88 Å². The summed E-state index contributed by atoms with van der Waals surface area (Å²) in [6.07, 6.45) is 2.43. The number of benzene rings is 1. The summed E-state index contributed by atoms with van der Waals surface area (Å²) in [6.45, 7) is 0.515. The molecule has 4 heteroatoms. The molecule has 4 nitrogen and oxygen atoms in total. The molecule has 92 valence electrons. The third-order valence-corrected chi connectivity index (χ3v) is 2.53. The first-order valence-electron chi connectivity index (χ1n) is 5.73. The van der Waals surface area contributed by atoms with Crippen LogP contribution >= 0.6 is 0 Å². The molecule has 0 aliphatic heterocycles. The molecule has 2 aromatic rings. The summed E-state index contributed by atoms with van der Waals surface area (Å²) in [5.41, 5.74) is 7.20. The molecule has 0 unspecified atom stereocenters. The Morgan fingerprint density at radius 1 is 1.17 bits per heavy atom. The fourth-order valence-electron chi connectivity index (χ4n) is 1.62. The number of ether oxygens (including phenoxy) is 1. The van der Waals surface area contributed by atoms with E-state index in [1.807, 2.05) is 30.3 Å². The summed E-state index contributed by atoms with van der Waals surface area (Å²) in [5, 5.41) is 7.43. The van der Waals surface area contributed by atoms with E-state index >= 15 is 0 Å². The van der Waals surface area contributed by atoms with Crippen molar-refractivity contribution in [3.8, 4) is 5.88 Å². The van der Waals surface area contributed by atoms with Gasteiger partial charge in [-0.1, -0.05) is 30.3 Å². The van der Waals surface area contributed by atoms with E-state index < -0.39 is 0 Å². The van der Waals surface area contributed by atoms with Crippen LogP contribution in [0.1, 0.15) is 11.1 Å². The minimum atomic E-state index is -0.0298. The third kappa shape index (κ3) is 3.07. The van der Waals surface area contributed by atoms with Crippen LogP contribution in [0.4, 0.5) is 0 Å². The lowest BCUT2D eigenvalue weighted by molar-refractivity contribution is 0.309. The molecule has 1 aromatic carbocycles. The van der Waals surface area contributed by atoms with Crippen LogP contribution in [-0.4, -0.2) is 17.4 Å². The Balaban J connectivity index is 1.97. The number of nitrogens with one attached hydrogen (secondary N) is 1. The molecule has 0 aliphatic carbocycles. The maximum Gasteiger partial charge on any atom is 0.224 e. The van der Waals surface area contributed by atoms with Gasteiger partial charge in [-0.05, 0) is 17.7 Å². The normalized spacial score (nSPS) is 10.0. The SMILES string of the molecule is N=C(N)c1cccnc1OCCc1ccccc1. The van der Waals surface area contributed by atoms with Crippen molar-refractivity contribution < 1.29 is 4.74 Å². The first-order valence-corrected chi connectivity index (χ1v) is 5.73. The monoisotopic (exact) mass is 241 g/mol. The summed E-state index contributed by atoms with van der Waals surface area (Å²) in [4.78, 5) is 4.09. The molecule has 0 radical (unpaired) electrons. The second kappa shape index (κ2) is 5.82. The predicted molar refractivity (Wildman–Crippen MR) is 70.9 cm³/mol. The van der Waals surface area contributed by atoms with Gasteiger partial charge in [-0.2, -0.15) is 0 Å². The van der Waals surface area contributed by atoms with E-state index in [-0.39, 0.29) is 5.84 Å². The highest BCUT2D eigenvalue weighted by Gasteiger charge is 2.06. The van der Waals surface area contributed by atoms with Crippen molar-refractivity contribution in [3.63, 3.8) is 0 Å². The minimum Gasteiger partial charge on any atom is -0.477 e. The molecular formula is C14H15N3O. The zero-order chi connectivity index (χ0) is 12.8. The Hall–Kier alpha value is -2.36. The van der Waals surface area contributed by atoms with Crippen molar-refractivity contribution >= 4 is 5.84 Å². The fourth-order valence-corrected chi connectivity index (χ4v) is 1.62. The van der Waals surface area contributed by atoms with Crippen molar-refractivity contribution in [3.05, 3.63) is 59.8 Å². The van der Waals surface area contributed by atoms with Crippen LogP contribution in [0.5, 0.6) is 5.88 Å². The zero-order valence-corrected chi connectivity index (χ0v) is 9.97. The van der Waals surface area contributed by atoms with Gasteiger partial charge in [0.1, 0.15) is 5.84 Å². The Morgan fingerprint density at radius 2 is 1.94 bits per heavy atom. The molecule has 0 aliphatic rings. The molecule has 0 atom stereocenters. The van der Waals surface area contributed by atoms with Crippen LogP contribution in [0.25, 0.3) is 0 Å². The molecule has 2 rings (SSSR count). The van der Waals surface area contributed by atoms with Gasteiger partial charge < -0.3 is 10.5 Å². The number of nitrogens with zero attached hydrogens (tertiary/aromatic N) is 1. The molecule has 0 saturated carbocycles. The molecule has 0 bridgehead atoms. The highest BCUT2D eigenvalue weighted by atomic mass is 16.5. The number of nitrogens with two attached hydrogens (primary N) is 1. The zero-order valence-electron chi connectivity index (χ0n) is 9.97. The lowest BCUT2D eigenvalue weighted by Gasteiger charge is -2.08. The Bertz CT molecular complexity index is 526. The molecule has 3 N–H and O–H groups in total. The molecule has 0 fully saturated rings. The molecule has 0 amide bonds. The van der Waals surface area contributed by atoms with E-state index in [9.17, 15) is 0 Å². The number of hydrogen-bond acceptors (Lipinski definition) is 3. The number of amidine groups is 1. The Kier molecular flexibility index (Phi) is 3.91. The lowest BCUT2D eigenvalue weighted by Crippen LogP contribution is -2.14. The van der Waals surface area contributed by atoms with Crippen LogP contribution in [0.3, 0.4) is 0 Å². The summed E-state index contributed by atoms with van der Waals surface area (Å²) in [6, 6.07) is 13.5. The van der Waals surface area contributed by atoms with Crippen LogP contribution in [0.15, 0.2) is 48.7 Å². The van der Waals surface area contributed by atoms with Crippen molar-refractivity contribution in [2.45, 2.75) is 6.42 Å². The van der Waals surface area contributed by atoms with Gasteiger partial charge in [-0.3, -0.25) is 5.41 Å². The largest absolute Gasteiger partial charge is 0.477 e. The van der Waals surface area contributed by atoms with Gasteiger partial charge in [-0.25, -0.2) is 4.98 Å². The highest BCUT2D eigenvalue weighted by molar-refractivity contribution is 5.96. The van der Waals surface area contributed by atoms with Crippen LogP contribution in [-0.2, 0) is 6.42 Å². The first-order chi connectivity index (χ1) is 8.77. The van der Waals surface area contributed by atoms with Crippen molar-refractivity contribution in [2.24, 2.45) is 5.73 Å². The number of hydrogen-bond donors (Lipinski definition) is 2. The molecular weight excluding hydrogens is 226 g/mol. The number of aromatic nitrogens is 1. The van der Waals surface area contributed by atoms with Gasteiger partial charge in [0.25, 0.3) is 0 Å². The molecule has 0 saturated heterocycles. The quantitative estimate of drug-likeness (QED) is 0.621. The van der Waals surface area contributed by atoms with Crippen molar-refractivity contribution in [2.75, 3.05) is 6.61 Å². The van der Waals surface area contributed by atoms with Crippen LogP contribution in [0, 0.1) is 5.41 Å². The smallest absolute Gasteiger partial charge is 0.224 e. The summed E-state index contributed by atoms with van der Waals surface area (Å²) in [5.74, 6) is 0.388. The van der Waals surface area contributed by atoms with Gasteiger partial charge in [0.05, 0.1) is 12.2 Å². The van der Waals surface area contributed by atoms with E-state index in [1.54, 1.807) is 18.3 Å². The van der Waals surface area contributed by atoms with Crippen LogP contribution < -0.4 is 10.5 Å². The summed E-state index contributed by atoms with van der Waals surface area (Å²) >= 11 is 0. The minimum absolute atomic E-state index is 0.0298. The Morgan fingerprint density at radius 3 is 2.67 bits per heavy atom. The van der Waals surface area contributed by atoms with Gasteiger partial charge in [-0.15, -0.1) is 0 Å². The molecule has 1 aromatic heterocycles. The average molecular weight is 241 g/mol. The third-order valence-electron chi connectivity index (χ3n) is 2.53. The maximum atomic E-state index is 7.43. The number of pyridine rings is 1. The number of rotatable bonds is 5. The fraction of sp³-hybridized carbons (Fsp3) is 0.143. The second-order valence-corrected chi connectivity index (χ2v) is 3.85. The topological polar surface area (TPSA) is 72.0 Å². The van der Waals surface area contributed by atoms with E-state index in [2.05, 4.69) is 4.98 Å². The van der Waals surface area contributed by atoms with Crippen molar-refractivity contribution in [1.82, 2.24) is 4.98 Å². The van der Waals surface area contributed by atoms with Gasteiger partial charge in [0.15, 0.2) is 0 Å². The predicted octanol–water partition coefficient (Wildman–Crippen LogP) is 1.99. The van der Waals surface area contributed by atoms with E-state index in [1.165, 1.54) is 5.56 Å². The van der Waals surface area contributed by atoms with E-state index in [0.717, 1.165) is 6.42 Å². The standard InChI is InChI=1S/C14H15N3O/c15-13(16)12-7-4-9-17-14(12)18-10-8-11-5-2-1-3-6-11/h1-7,9H,8,10H2,(H3,15,16). The second-order valence-electron chi connectivity index (χ2n) is 3.85. The highest BCUT2D eigenvalue weighted by Crippen LogP contribution is 2.13. The molecule has 0 spiro atoms. The average Bonchev–Trinajstić information content (AvgIpc) is 2.40. The maximum absolute atomic E-state index is 7.43. The van der Waals surface area contributed by atoms with Crippen LogP contribution in [0.2, 0.25) is 0 Å². The lowest BCUT2D eigenvalue weighted by atomic mass is 10.2. The first kappa shape index (κ1) is 12.1. The number of nitrogen functional groups attached to an aromatic ring is 1. The molecule has 18 heavy (non-hydrogen) atoms. The summed E-state index contributed by atoms with van der Waals surface area (Å²) < 4.78 is 5.57. The van der Waals surface area contributed by atoms with Gasteiger partial charge >= 0.3 is 0 Å².